The van der Waals surface area contributed by atoms with Gasteiger partial charge in [0.05, 0.1) is 27.5 Å². The Morgan fingerprint density at radius 2 is 1.11 bits per heavy atom. The highest BCUT2D eigenvalue weighted by molar-refractivity contribution is 7.89. The average molecular weight is 948 g/mol. The van der Waals surface area contributed by atoms with E-state index < -0.39 is 80.0 Å². The molecular formula is C43H52Cl2N6O10S2. The molecule has 0 aliphatic rings. The molecule has 340 valence electrons. The van der Waals surface area contributed by atoms with Gasteiger partial charge in [-0.2, -0.15) is 0 Å². The lowest BCUT2D eigenvalue weighted by Gasteiger charge is -2.41. The van der Waals surface area contributed by atoms with Crippen LogP contribution in [0, 0.1) is 10.8 Å². The zero-order valence-corrected chi connectivity index (χ0v) is 39.9. The standard InChI is InChI=1S/C43H52Cl2N6O10S2/c1-41(2,3)40(48-29-28(34(54)35(29)55)46-26-17-15-24(44)38(32(26)52)62(58,59)50(9)10)23-14-12-13-22(21-23)19-20-51(11)63(60,61)39-25(45)16-18-27(33(39)53)47-30-31(37(57)36(30)56)49-43(7,8)42(4,5)6/h12-18,21,40,46-49,52-53H,19-20H2,1-11H3. The van der Waals surface area contributed by atoms with Crippen molar-refractivity contribution in [3.63, 3.8) is 0 Å². The summed E-state index contributed by atoms with van der Waals surface area (Å²) in [7, 11) is -4.82. The monoisotopic (exact) mass is 946 g/mol. The minimum atomic E-state index is -4.46. The summed E-state index contributed by atoms with van der Waals surface area (Å²) in [6.45, 7) is 15.2. The quantitative estimate of drug-likeness (QED) is 0.0451. The predicted molar refractivity (Wildman–Crippen MR) is 249 cm³/mol. The molecule has 0 aromatic heterocycles. The van der Waals surface area contributed by atoms with Gasteiger partial charge < -0.3 is 31.5 Å². The van der Waals surface area contributed by atoms with Crippen molar-refractivity contribution in [3.05, 3.63) is 111 Å². The van der Waals surface area contributed by atoms with Crippen LogP contribution >= 0.6 is 23.2 Å². The minimum Gasteiger partial charge on any atom is -0.504 e. The maximum Gasteiger partial charge on any atom is 0.253 e. The highest BCUT2D eigenvalue weighted by Gasteiger charge is 2.37. The Labute approximate surface area is 376 Å². The van der Waals surface area contributed by atoms with E-state index in [1.54, 1.807) is 18.2 Å². The normalized spacial score (nSPS) is 13.5. The number of aromatic hydroxyl groups is 2. The van der Waals surface area contributed by atoms with E-state index in [9.17, 15) is 46.2 Å². The second-order valence-corrected chi connectivity index (χ2v) is 23.0. The van der Waals surface area contributed by atoms with Gasteiger partial charge >= 0.3 is 0 Å². The molecule has 0 saturated heterocycles. The summed E-state index contributed by atoms with van der Waals surface area (Å²) in [5, 5.41) is 33.5. The molecule has 0 radical (unpaired) electrons. The van der Waals surface area contributed by atoms with Crippen LogP contribution in [0.1, 0.15) is 72.6 Å². The van der Waals surface area contributed by atoms with Gasteiger partial charge in [-0.15, -0.1) is 0 Å². The van der Waals surface area contributed by atoms with E-state index in [0.717, 1.165) is 8.61 Å². The van der Waals surface area contributed by atoms with Crippen LogP contribution in [-0.2, 0) is 26.5 Å². The molecule has 0 heterocycles. The van der Waals surface area contributed by atoms with Crippen LogP contribution in [0.15, 0.2) is 77.5 Å². The molecule has 0 fully saturated rings. The molecule has 20 heteroatoms. The predicted octanol–water partition coefficient (Wildman–Crippen LogP) is 6.63. The maximum absolute atomic E-state index is 14.0. The van der Waals surface area contributed by atoms with Crippen LogP contribution in [0.4, 0.5) is 34.1 Å². The van der Waals surface area contributed by atoms with Crippen molar-refractivity contribution in [1.29, 1.82) is 0 Å². The van der Waals surface area contributed by atoms with Crippen LogP contribution in [0.25, 0.3) is 0 Å². The molecular weight excluding hydrogens is 896 g/mol. The Morgan fingerprint density at radius 3 is 1.59 bits per heavy atom. The van der Waals surface area contributed by atoms with Crippen LogP contribution in [-0.4, -0.2) is 68.9 Å². The van der Waals surface area contributed by atoms with Crippen molar-refractivity contribution >= 4 is 77.4 Å². The summed E-state index contributed by atoms with van der Waals surface area (Å²) < 4.78 is 55.7. The molecule has 63 heavy (non-hydrogen) atoms. The zero-order chi connectivity index (χ0) is 47.5. The number of phenolic OH excluding ortho intramolecular Hbond substituents is 2. The number of nitrogens with one attached hydrogen (secondary N) is 4. The summed E-state index contributed by atoms with van der Waals surface area (Å²) in [5.74, 6) is -1.49. The van der Waals surface area contributed by atoms with Gasteiger partial charge in [-0.25, -0.2) is 25.4 Å². The topological polar surface area (TPSA) is 232 Å². The SMILES string of the molecule is CN(C)S(=O)(=O)c1c(Cl)ccc(Nc2c(NC(c3cccc(CCN(C)S(=O)(=O)c4c(Cl)ccc(Nc5c(NC(C)(C)C(C)(C)C)c(=O)c5=O)c4O)c3)C(C)(C)C)c(=O)c2=O)c1O. The molecule has 0 spiro atoms. The summed E-state index contributed by atoms with van der Waals surface area (Å²) in [5.41, 5.74) is -4.25. The first-order valence-corrected chi connectivity index (χ1v) is 23.2. The van der Waals surface area contributed by atoms with Gasteiger partial charge in [0.1, 0.15) is 32.5 Å². The summed E-state index contributed by atoms with van der Waals surface area (Å²) in [6.07, 6.45) is 0.180. The van der Waals surface area contributed by atoms with Crippen molar-refractivity contribution in [2.45, 2.75) is 83.2 Å². The van der Waals surface area contributed by atoms with Crippen LogP contribution < -0.4 is 43.0 Å². The van der Waals surface area contributed by atoms with Gasteiger partial charge in [0.25, 0.3) is 21.7 Å². The Hall–Kier alpha value is -4.98. The molecule has 1 atom stereocenters. The minimum absolute atomic E-state index is 0.00976. The maximum atomic E-state index is 14.0. The fraction of sp³-hybridized carbons (Fsp3) is 0.395. The van der Waals surface area contributed by atoms with E-state index in [1.165, 1.54) is 45.4 Å². The smallest absolute Gasteiger partial charge is 0.253 e. The van der Waals surface area contributed by atoms with Crippen molar-refractivity contribution in [2.75, 3.05) is 49.0 Å². The highest BCUT2D eigenvalue weighted by Crippen LogP contribution is 2.43. The van der Waals surface area contributed by atoms with Gasteiger partial charge in [0.2, 0.25) is 20.0 Å². The number of halogens is 2. The first kappa shape index (κ1) is 49.0. The van der Waals surface area contributed by atoms with Gasteiger partial charge in [0.15, 0.2) is 11.5 Å². The summed E-state index contributed by atoms with van der Waals surface area (Å²) >= 11 is 12.5. The number of hydrogen-bond acceptors (Lipinski definition) is 14. The highest BCUT2D eigenvalue weighted by atomic mass is 35.5. The van der Waals surface area contributed by atoms with Gasteiger partial charge in [0, 0.05) is 33.2 Å². The lowest BCUT2D eigenvalue weighted by molar-refractivity contribution is 0.254. The average Bonchev–Trinajstić information content (AvgIpc) is 3.17. The third-order valence-electron chi connectivity index (χ3n) is 11.4. The molecule has 0 aliphatic carbocycles. The summed E-state index contributed by atoms with van der Waals surface area (Å²) in [6, 6.07) is 11.6. The number of benzene rings is 3. The van der Waals surface area contributed by atoms with Crippen molar-refractivity contribution in [2.24, 2.45) is 10.8 Å². The Balaban J connectivity index is 1.37. The van der Waals surface area contributed by atoms with Crippen LogP contribution in [0.2, 0.25) is 10.0 Å². The third kappa shape index (κ3) is 9.33. The first-order chi connectivity index (χ1) is 28.8. The second kappa shape index (κ2) is 17.2. The number of phenols is 2. The molecule has 5 rings (SSSR count). The lowest BCUT2D eigenvalue weighted by Crippen LogP contribution is -2.48. The van der Waals surface area contributed by atoms with E-state index in [0.29, 0.717) is 11.1 Å². The molecule has 0 amide bonds. The van der Waals surface area contributed by atoms with Gasteiger partial charge in [-0.05, 0) is 66.5 Å². The third-order valence-corrected chi connectivity index (χ3v) is 16.1. The number of anilines is 6. The molecule has 6 N–H and O–H groups in total. The van der Waals surface area contributed by atoms with E-state index in [2.05, 4.69) is 21.3 Å². The van der Waals surface area contributed by atoms with E-state index >= 15 is 0 Å². The van der Waals surface area contributed by atoms with Gasteiger partial charge in [-0.1, -0.05) is 89.0 Å². The molecule has 16 nitrogen and oxygen atoms in total. The first-order valence-electron chi connectivity index (χ1n) is 19.6. The number of hydrogen-bond donors (Lipinski definition) is 6. The van der Waals surface area contributed by atoms with E-state index in [1.807, 2.05) is 61.5 Å². The Kier molecular flexibility index (Phi) is 13.4. The summed E-state index contributed by atoms with van der Waals surface area (Å²) in [4.78, 5) is 50.0. The molecule has 0 bridgehead atoms. The molecule has 5 aromatic carbocycles. The molecule has 0 saturated carbocycles. The largest absolute Gasteiger partial charge is 0.504 e. The van der Waals surface area contributed by atoms with E-state index in [-0.39, 0.29) is 62.6 Å². The van der Waals surface area contributed by atoms with Gasteiger partial charge in [-0.3, -0.25) is 19.2 Å². The number of nitrogens with zero attached hydrogens (tertiary/aromatic N) is 2. The number of rotatable bonds is 16. The molecule has 0 aliphatic heterocycles. The lowest BCUT2D eigenvalue weighted by atomic mass is 9.76. The zero-order valence-electron chi connectivity index (χ0n) is 36.7. The van der Waals surface area contributed by atoms with Crippen molar-refractivity contribution in [1.82, 2.24) is 8.61 Å². The Morgan fingerprint density at radius 1 is 0.651 bits per heavy atom. The fourth-order valence-electron chi connectivity index (χ4n) is 6.45. The Bertz CT molecular complexity index is 2980. The molecule has 5 aromatic rings. The second-order valence-electron chi connectivity index (χ2n) is 18.2. The fourth-order valence-corrected chi connectivity index (χ4v) is 9.69. The number of likely N-dealkylation sites (N-methyl/N-ethyl adjacent to an activating group) is 1. The number of sulfonamides is 2. The van der Waals surface area contributed by atoms with Crippen molar-refractivity contribution in [3.8, 4) is 11.5 Å². The molecule has 1 unspecified atom stereocenters. The van der Waals surface area contributed by atoms with Crippen LogP contribution in [0.5, 0.6) is 11.5 Å². The van der Waals surface area contributed by atoms with Crippen molar-refractivity contribution < 1.29 is 27.0 Å². The van der Waals surface area contributed by atoms with Crippen LogP contribution in [0.3, 0.4) is 0 Å². The van der Waals surface area contributed by atoms with E-state index in [4.69, 9.17) is 23.2 Å².